The number of benzene rings is 1. The molecule has 0 fully saturated rings. The first-order valence-corrected chi connectivity index (χ1v) is 6.44. The minimum atomic E-state index is -0.557. The SMILES string of the molecule is CC(C)(C)OC(=O)NCc1cc(Cl)ccc1OCC#N. The van der Waals surface area contributed by atoms with E-state index in [0.29, 0.717) is 16.3 Å². The van der Waals surface area contributed by atoms with Crippen LogP contribution in [-0.4, -0.2) is 18.3 Å². The quantitative estimate of drug-likeness (QED) is 0.925. The number of carbonyl (C=O) groups is 1. The Morgan fingerprint density at radius 1 is 1.45 bits per heavy atom. The van der Waals surface area contributed by atoms with Gasteiger partial charge in [-0.2, -0.15) is 5.26 Å². The van der Waals surface area contributed by atoms with E-state index in [-0.39, 0.29) is 13.2 Å². The topological polar surface area (TPSA) is 71.3 Å². The van der Waals surface area contributed by atoms with Gasteiger partial charge in [0.1, 0.15) is 17.4 Å². The van der Waals surface area contributed by atoms with Gasteiger partial charge in [-0.25, -0.2) is 4.79 Å². The summed E-state index contributed by atoms with van der Waals surface area (Å²) in [6, 6.07) is 6.88. The molecule has 5 nitrogen and oxygen atoms in total. The molecule has 0 atom stereocenters. The van der Waals surface area contributed by atoms with Crippen LogP contribution in [0.1, 0.15) is 26.3 Å². The molecule has 1 amide bonds. The lowest BCUT2D eigenvalue weighted by Crippen LogP contribution is -2.32. The largest absolute Gasteiger partial charge is 0.478 e. The van der Waals surface area contributed by atoms with E-state index in [1.54, 1.807) is 39.0 Å². The maximum Gasteiger partial charge on any atom is 0.407 e. The van der Waals surface area contributed by atoms with Crippen LogP contribution in [0.15, 0.2) is 18.2 Å². The smallest absolute Gasteiger partial charge is 0.407 e. The zero-order valence-electron chi connectivity index (χ0n) is 11.7. The number of nitrogens with one attached hydrogen (secondary N) is 1. The Bertz CT molecular complexity index is 518. The lowest BCUT2D eigenvalue weighted by Gasteiger charge is -2.20. The van der Waals surface area contributed by atoms with Gasteiger partial charge in [-0.15, -0.1) is 0 Å². The van der Waals surface area contributed by atoms with Crippen molar-refractivity contribution in [2.45, 2.75) is 32.9 Å². The molecule has 0 aliphatic carbocycles. The van der Waals surface area contributed by atoms with Crippen molar-refractivity contribution in [2.75, 3.05) is 6.61 Å². The fraction of sp³-hybridized carbons (Fsp3) is 0.429. The monoisotopic (exact) mass is 296 g/mol. The Labute approximate surface area is 123 Å². The molecular weight excluding hydrogens is 280 g/mol. The number of rotatable bonds is 4. The summed E-state index contributed by atoms with van der Waals surface area (Å²) in [7, 11) is 0. The van der Waals surface area contributed by atoms with E-state index in [9.17, 15) is 4.79 Å². The first kappa shape index (κ1) is 16.1. The van der Waals surface area contributed by atoms with Gasteiger partial charge < -0.3 is 14.8 Å². The van der Waals surface area contributed by atoms with Gasteiger partial charge in [-0.05, 0) is 39.0 Å². The molecule has 6 heteroatoms. The number of halogens is 1. The zero-order chi connectivity index (χ0) is 15.2. The number of nitrogens with zero attached hydrogens (tertiary/aromatic N) is 1. The van der Waals surface area contributed by atoms with Gasteiger partial charge in [-0.1, -0.05) is 11.6 Å². The molecule has 108 valence electrons. The third-order valence-corrected chi connectivity index (χ3v) is 2.37. The van der Waals surface area contributed by atoms with Crippen molar-refractivity contribution in [2.24, 2.45) is 0 Å². The van der Waals surface area contributed by atoms with Crippen LogP contribution in [0.2, 0.25) is 5.02 Å². The number of carbonyl (C=O) groups excluding carboxylic acids is 1. The Kier molecular flexibility index (Phi) is 5.66. The van der Waals surface area contributed by atoms with E-state index in [1.165, 1.54) is 0 Å². The molecule has 1 aromatic carbocycles. The van der Waals surface area contributed by atoms with Crippen molar-refractivity contribution in [1.29, 1.82) is 5.26 Å². The molecule has 0 saturated heterocycles. The van der Waals surface area contributed by atoms with E-state index in [1.807, 2.05) is 6.07 Å². The van der Waals surface area contributed by atoms with Crippen molar-refractivity contribution in [3.05, 3.63) is 28.8 Å². The van der Waals surface area contributed by atoms with Crippen LogP contribution in [0.3, 0.4) is 0 Å². The summed E-state index contributed by atoms with van der Waals surface area (Å²) in [6.07, 6.45) is -0.524. The van der Waals surface area contributed by atoms with Crippen molar-refractivity contribution >= 4 is 17.7 Å². The van der Waals surface area contributed by atoms with Crippen LogP contribution in [0.25, 0.3) is 0 Å². The molecule has 20 heavy (non-hydrogen) atoms. The molecule has 0 aliphatic rings. The Morgan fingerprint density at radius 2 is 2.15 bits per heavy atom. The standard InChI is InChI=1S/C14H17ClN2O3/c1-14(2,3)20-13(18)17-9-10-8-11(15)4-5-12(10)19-7-6-16/h4-5,8H,7,9H2,1-3H3,(H,17,18). The highest BCUT2D eigenvalue weighted by atomic mass is 35.5. The second-order valence-electron chi connectivity index (χ2n) is 5.05. The Morgan fingerprint density at radius 3 is 2.75 bits per heavy atom. The lowest BCUT2D eigenvalue weighted by molar-refractivity contribution is 0.0523. The van der Waals surface area contributed by atoms with Gasteiger partial charge in [0.25, 0.3) is 0 Å². The molecule has 0 aliphatic heterocycles. The molecule has 0 saturated carbocycles. The first-order chi connectivity index (χ1) is 9.31. The average Bonchev–Trinajstić information content (AvgIpc) is 2.33. The second-order valence-corrected chi connectivity index (χ2v) is 5.49. The predicted octanol–water partition coefficient (Wildman–Crippen LogP) is 3.27. The molecular formula is C14H17ClN2O3. The number of amides is 1. The van der Waals surface area contributed by atoms with Crippen molar-refractivity contribution < 1.29 is 14.3 Å². The van der Waals surface area contributed by atoms with Crippen LogP contribution < -0.4 is 10.1 Å². The van der Waals surface area contributed by atoms with Gasteiger partial charge in [-0.3, -0.25) is 0 Å². The number of hydrogen-bond acceptors (Lipinski definition) is 4. The summed E-state index contributed by atoms with van der Waals surface area (Å²) >= 11 is 5.91. The summed E-state index contributed by atoms with van der Waals surface area (Å²) in [4.78, 5) is 11.6. The van der Waals surface area contributed by atoms with Gasteiger partial charge in [0.2, 0.25) is 0 Å². The first-order valence-electron chi connectivity index (χ1n) is 6.07. The van der Waals surface area contributed by atoms with E-state index < -0.39 is 11.7 Å². The summed E-state index contributed by atoms with van der Waals surface area (Å²) in [5.74, 6) is 0.506. The summed E-state index contributed by atoms with van der Waals surface area (Å²) < 4.78 is 10.4. The Hall–Kier alpha value is -1.93. The average molecular weight is 297 g/mol. The molecule has 0 heterocycles. The maximum absolute atomic E-state index is 11.6. The van der Waals surface area contributed by atoms with E-state index in [4.69, 9.17) is 26.3 Å². The van der Waals surface area contributed by atoms with Gasteiger partial charge in [0, 0.05) is 17.1 Å². The third kappa shape index (κ3) is 5.81. The van der Waals surface area contributed by atoms with Gasteiger partial charge in [0.15, 0.2) is 6.61 Å². The maximum atomic E-state index is 11.6. The molecule has 0 unspecified atom stereocenters. The highest BCUT2D eigenvalue weighted by Gasteiger charge is 2.16. The molecule has 0 spiro atoms. The van der Waals surface area contributed by atoms with Crippen LogP contribution in [-0.2, 0) is 11.3 Å². The van der Waals surface area contributed by atoms with Crippen molar-refractivity contribution in [3.8, 4) is 11.8 Å². The molecule has 0 radical (unpaired) electrons. The van der Waals surface area contributed by atoms with Crippen molar-refractivity contribution in [1.82, 2.24) is 5.32 Å². The van der Waals surface area contributed by atoms with E-state index >= 15 is 0 Å². The van der Waals surface area contributed by atoms with Gasteiger partial charge >= 0.3 is 6.09 Å². The van der Waals surface area contributed by atoms with Crippen LogP contribution in [0, 0.1) is 11.3 Å². The highest BCUT2D eigenvalue weighted by Crippen LogP contribution is 2.23. The van der Waals surface area contributed by atoms with Crippen molar-refractivity contribution in [3.63, 3.8) is 0 Å². The number of alkyl carbamates (subject to hydrolysis) is 1. The van der Waals surface area contributed by atoms with Crippen LogP contribution in [0.5, 0.6) is 5.75 Å². The Balaban J connectivity index is 2.69. The minimum Gasteiger partial charge on any atom is -0.478 e. The lowest BCUT2D eigenvalue weighted by atomic mass is 10.2. The molecule has 0 bridgehead atoms. The second kappa shape index (κ2) is 7.01. The zero-order valence-corrected chi connectivity index (χ0v) is 12.5. The van der Waals surface area contributed by atoms with E-state index in [2.05, 4.69) is 5.32 Å². The summed E-state index contributed by atoms with van der Waals surface area (Å²) in [5, 5.41) is 11.7. The molecule has 1 rings (SSSR count). The number of ether oxygens (including phenoxy) is 2. The minimum absolute atomic E-state index is 0.0684. The van der Waals surface area contributed by atoms with Crippen LogP contribution >= 0.6 is 11.6 Å². The fourth-order valence-corrected chi connectivity index (χ4v) is 1.61. The summed E-state index contributed by atoms with van der Waals surface area (Å²) in [5.41, 5.74) is 0.122. The van der Waals surface area contributed by atoms with Gasteiger partial charge in [0.05, 0.1) is 0 Å². The third-order valence-electron chi connectivity index (χ3n) is 2.14. The number of nitriles is 1. The summed E-state index contributed by atoms with van der Waals surface area (Å²) in [6.45, 7) is 5.49. The highest BCUT2D eigenvalue weighted by molar-refractivity contribution is 6.30. The number of hydrogen-bond donors (Lipinski definition) is 1. The normalized spacial score (nSPS) is 10.6. The molecule has 0 aromatic heterocycles. The van der Waals surface area contributed by atoms with Crippen LogP contribution in [0.4, 0.5) is 4.79 Å². The fourth-order valence-electron chi connectivity index (χ4n) is 1.42. The molecule has 1 N–H and O–H groups in total. The van der Waals surface area contributed by atoms with E-state index in [0.717, 1.165) is 0 Å². The predicted molar refractivity (Wildman–Crippen MR) is 75.6 cm³/mol. The molecule has 1 aromatic rings.